The van der Waals surface area contributed by atoms with Gasteiger partial charge in [-0.2, -0.15) is 18.3 Å². The van der Waals surface area contributed by atoms with Gasteiger partial charge in [0, 0.05) is 31.5 Å². The summed E-state index contributed by atoms with van der Waals surface area (Å²) < 4.78 is 44.1. The molecule has 2 aromatic rings. The molecule has 3 N–H and O–H groups in total. The molecule has 0 saturated heterocycles. The number of alkyl halides is 3. The number of ether oxygens (including phenoxy) is 1. The summed E-state index contributed by atoms with van der Waals surface area (Å²) in [5.74, 6) is -0.597. The van der Waals surface area contributed by atoms with Crippen LogP contribution in [0.3, 0.4) is 0 Å². The third kappa shape index (κ3) is 5.75. The summed E-state index contributed by atoms with van der Waals surface area (Å²) in [6.07, 6.45) is -3.08. The summed E-state index contributed by atoms with van der Waals surface area (Å²) >= 11 is 0. The van der Waals surface area contributed by atoms with Gasteiger partial charge < -0.3 is 14.7 Å². The van der Waals surface area contributed by atoms with Crippen molar-refractivity contribution in [1.29, 1.82) is 0 Å². The molecule has 0 spiro atoms. The molecule has 8 nitrogen and oxygen atoms in total. The number of nitrogens with one attached hydrogen (secondary N) is 2. The Hall–Kier alpha value is -3.08. The van der Waals surface area contributed by atoms with Gasteiger partial charge >= 0.3 is 12.3 Å². The van der Waals surface area contributed by atoms with E-state index in [2.05, 4.69) is 15.5 Å². The van der Waals surface area contributed by atoms with E-state index in [9.17, 15) is 22.8 Å². The van der Waals surface area contributed by atoms with Crippen LogP contribution in [0.25, 0.3) is 0 Å². The summed E-state index contributed by atoms with van der Waals surface area (Å²) in [5.41, 5.74) is -0.432. The Balaban J connectivity index is 1.85. The summed E-state index contributed by atoms with van der Waals surface area (Å²) in [5, 5.41) is 16.6. The summed E-state index contributed by atoms with van der Waals surface area (Å²) in [6, 6.07) is 7.03. The van der Waals surface area contributed by atoms with E-state index in [0.717, 1.165) is 12.8 Å². The largest absolute Gasteiger partial charge is 0.465 e. The fourth-order valence-corrected chi connectivity index (χ4v) is 3.76. The molecule has 0 aliphatic heterocycles. The van der Waals surface area contributed by atoms with Crippen LogP contribution in [0.15, 0.2) is 30.3 Å². The van der Waals surface area contributed by atoms with Gasteiger partial charge in [0.1, 0.15) is 5.69 Å². The van der Waals surface area contributed by atoms with Crippen LogP contribution in [-0.4, -0.2) is 51.5 Å². The quantitative estimate of drug-likeness (QED) is 0.626. The number of carbonyl (C=O) groups is 2. The first-order valence-corrected chi connectivity index (χ1v) is 9.72. The molecule has 168 valence electrons. The van der Waals surface area contributed by atoms with Crippen molar-refractivity contribution in [3.05, 3.63) is 47.3 Å². The summed E-state index contributed by atoms with van der Waals surface area (Å²) in [7, 11) is 1.62. The van der Waals surface area contributed by atoms with Gasteiger partial charge in [0.25, 0.3) is 5.91 Å². The minimum absolute atomic E-state index is 0.0836. The molecule has 0 radical (unpaired) electrons. The molecule has 0 bridgehead atoms. The van der Waals surface area contributed by atoms with Crippen molar-refractivity contribution in [2.24, 2.45) is 0 Å². The van der Waals surface area contributed by atoms with E-state index in [1.54, 1.807) is 31.4 Å². The number of methoxy groups -OCH3 is 1. The number of hydrogen-bond acceptors (Lipinski definition) is 4. The molecule has 1 aromatic carbocycles. The van der Waals surface area contributed by atoms with Crippen LogP contribution in [0.1, 0.15) is 47.4 Å². The Morgan fingerprint density at radius 3 is 2.55 bits per heavy atom. The molecule has 1 saturated carbocycles. The Morgan fingerprint density at radius 1 is 1.26 bits per heavy atom. The molecule has 0 atom stereocenters. The van der Waals surface area contributed by atoms with Crippen LogP contribution < -0.4 is 5.32 Å². The van der Waals surface area contributed by atoms with E-state index in [1.807, 2.05) is 0 Å². The zero-order valence-corrected chi connectivity index (χ0v) is 16.8. The maximum absolute atomic E-state index is 13.1. The van der Waals surface area contributed by atoms with Crippen LogP contribution >= 0.6 is 0 Å². The molecule has 1 aromatic heterocycles. The lowest BCUT2D eigenvalue weighted by atomic mass is 9.91. The molecule has 1 fully saturated rings. The highest BCUT2D eigenvalue weighted by molar-refractivity contribution is 5.92. The van der Waals surface area contributed by atoms with Crippen LogP contribution in [0, 0.1) is 0 Å². The second kappa shape index (κ2) is 9.38. The van der Waals surface area contributed by atoms with E-state index < -0.39 is 23.9 Å². The van der Waals surface area contributed by atoms with Crippen molar-refractivity contribution in [3.63, 3.8) is 0 Å². The second-order valence-electron chi connectivity index (χ2n) is 7.39. The number of benzene rings is 1. The molecule has 1 aliphatic rings. The smallest absolute Gasteiger partial charge is 0.435 e. The van der Waals surface area contributed by atoms with Gasteiger partial charge in [0.2, 0.25) is 0 Å². The number of aromatic amines is 1. The molecule has 1 aliphatic carbocycles. The summed E-state index contributed by atoms with van der Waals surface area (Å²) in [4.78, 5) is 25.6. The Labute approximate surface area is 176 Å². The van der Waals surface area contributed by atoms with E-state index in [1.165, 1.54) is 4.90 Å². The lowest BCUT2D eigenvalue weighted by Crippen LogP contribution is -2.43. The number of halogens is 3. The van der Waals surface area contributed by atoms with Gasteiger partial charge in [-0.3, -0.25) is 15.2 Å². The highest BCUT2D eigenvalue weighted by Gasteiger charge is 2.36. The van der Waals surface area contributed by atoms with E-state index in [-0.39, 0.29) is 24.4 Å². The van der Waals surface area contributed by atoms with Crippen molar-refractivity contribution >= 4 is 17.7 Å². The average Bonchev–Trinajstić information content (AvgIpc) is 3.22. The molecule has 1 heterocycles. The zero-order valence-electron chi connectivity index (χ0n) is 16.8. The molecular formula is C20H23F3N4O4. The Kier molecular flexibility index (Phi) is 6.84. The normalized spacial score (nSPS) is 19.1. The molecule has 31 heavy (non-hydrogen) atoms. The van der Waals surface area contributed by atoms with Crippen LogP contribution in [0.5, 0.6) is 0 Å². The fraction of sp³-hybridized carbons (Fsp3) is 0.450. The van der Waals surface area contributed by atoms with Gasteiger partial charge in [-0.05, 0) is 43.4 Å². The number of carbonyl (C=O) groups excluding carboxylic acids is 1. The highest BCUT2D eigenvalue weighted by atomic mass is 19.4. The number of hydrogen-bond donors (Lipinski definition) is 3. The number of carboxylic acid groups (broad SMARTS) is 1. The number of anilines is 1. The van der Waals surface area contributed by atoms with Crippen molar-refractivity contribution in [3.8, 4) is 0 Å². The Bertz CT molecular complexity index is 923. The average molecular weight is 440 g/mol. The maximum Gasteiger partial charge on any atom is 0.435 e. The maximum atomic E-state index is 13.1. The predicted octanol–water partition coefficient (Wildman–Crippen LogP) is 4.12. The number of rotatable bonds is 6. The fourth-order valence-electron chi connectivity index (χ4n) is 3.76. The van der Waals surface area contributed by atoms with Gasteiger partial charge in [-0.1, -0.05) is 12.1 Å². The molecule has 2 amide bonds. The highest BCUT2D eigenvalue weighted by Crippen LogP contribution is 2.30. The standard InChI is InChI=1S/C20H23F3N4O4/c1-31-15-7-5-14(6-8-15)27(11-12-3-2-4-13(9-12)24-19(29)30)18(28)16-10-17(26-25-16)20(21,22)23/h2-4,9-10,14-15,24H,5-8,11H2,1H3,(H,25,26)(H,29,30)/t14-,15-. The van der Waals surface area contributed by atoms with E-state index >= 15 is 0 Å². The monoisotopic (exact) mass is 440 g/mol. The number of H-pyrrole nitrogens is 1. The molecule has 0 unspecified atom stereocenters. The lowest BCUT2D eigenvalue weighted by Gasteiger charge is -2.36. The molecule has 11 heteroatoms. The van der Waals surface area contributed by atoms with Gasteiger partial charge in [0.15, 0.2) is 5.69 Å². The number of amides is 2. The number of aromatic nitrogens is 2. The Morgan fingerprint density at radius 2 is 1.97 bits per heavy atom. The van der Waals surface area contributed by atoms with Crippen molar-refractivity contribution in [2.75, 3.05) is 12.4 Å². The minimum atomic E-state index is -4.66. The third-order valence-corrected chi connectivity index (χ3v) is 5.31. The minimum Gasteiger partial charge on any atom is -0.465 e. The van der Waals surface area contributed by atoms with Crippen LogP contribution in [0.4, 0.5) is 23.7 Å². The van der Waals surface area contributed by atoms with Gasteiger partial charge in [-0.15, -0.1) is 0 Å². The third-order valence-electron chi connectivity index (χ3n) is 5.31. The van der Waals surface area contributed by atoms with Crippen molar-refractivity contribution in [1.82, 2.24) is 15.1 Å². The first-order valence-electron chi connectivity index (χ1n) is 9.72. The first kappa shape index (κ1) is 22.6. The van der Waals surface area contributed by atoms with Crippen LogP contribution in [0.2, 0.25) is 0 Å². The topological polar surface area (TPSA) is 108 Å². The van der Waals surface area contributed by atoms with E-state index in [4.69, 9.17) is 9.84 Å². The van der Waals surface area contributed by atoms with Crippen LogP contribution in [-0.2, 0) is 17.5 Å². The second-order valence-corrected chi connectivity index (χ2v) is 7.39. The summed E-state index contributed by atoms with van der Waals surface area (Å²) in [6.45, 7) is 0.108. The lowest BCUT2D eigenvalue weighted by molar-refractivity contribution is -0.141. The van der Waals surface area contributed by atoms with Gasteiger partial charge in [0.05, 0.1) is 6.10 Å². The number of nitrogens with zero attached hydrogens (tertiary/aromatic N) is 2. The SMILES string of the molecule is CO[C@H]1CC[C@H](N(Cc2cccc(NC(=O)O)c2)C(=O)c2cc(C(F)(F)F)n[nH]2)CC1. The first-order chi connectivity index (χ1) is 14.7. The van der Waals surface area contributed by atoms with Crippen molar-refractivity contribution in [2.45, 2.75) is 50.6 Å². The zero-order chi connectivity index (χ0) is 22.6. The van der Waals surface area contributed by atoms with Crippen molar-refractivity contribution < 1.29 is 32.6 Å². The van der Waals surface area contributed by atoms with E-state index in [0.29, 0.717) is 30.2 Å². The molecule has 3 rings (SSSR count). The van der Waals surface area contributed by atoms with Gasteiger partial charge in [-0.25, -0.2) is 4.79 Å². The molecular weight excluding hydrogens is 417 g/mol. The predicted molar refractivity (Wildman–Crippen MR) is 105 cm³/mol.